The minimum absolute atomic E-state index is 0.200. The average Bonchev–Trinajstić information content (AvgIpc) is 2.62. The molecule has 1 aliphatic rings. The molecule has 2 aromatic carbocycles. The first kappa shape index (κ1) is 17.2. The number of carbonyl (C=O) groups excluding carboxylic acids is 1. The summed E-state index contributed by atoms with van der Waals surface area (Å²) in [6.45, 7) is 3.57. The van der Waals surface area contributed by atoms with Crippen LogP contribution < -0.4 is 19.7 Å². The Morgan fingerprint density at radius 2 is 1.92 bits per heavy atom. The number of halogens is 1. The van der Waals surface area contributed by atoms with E-state index in [2.05, 4.69) is 5.32 Å². The Morgan fingerprint density at radius 3 is 2.68 bits per heavy atom. The van der Waals surface area contributed by atoms with Gasteiger partial charge in [-0.1, -0.05) is 12.1 Å². The van der Waals surface area contributed by atoms with Gasteiger partial charge in [0.25, 0.3) is 5.91 Å². The Kier molecular flexibility index (Phi) is 5.19. The van der Waals surface area contributed by atoms with E-state index in [0.29, 0.717) is 19.8 Å². The SMILES string of the molecule is C[C@H](C(=O)Nc1ccccc1F)[NH+](C)Cc1ccc2c(c1)OCCO2. The van der Waals surface area contributed by atoms with E-state index in [1.807, 2.05) is 32.2 Å². The van der Waals surface area contributed by atoms with Gasteiger partial charge in [0.05, 0.1) is 12.7 Å². The Hall–Kier alpha value is -2.60. The number of rotatable bonds is 5. The number of quaternary nitrogens is 1. The number of hydrogen-bond donors (Lipinski definition) is 2. The molecule has 2 N–H and O–H groups in total. The van der Waals surface area contributed by atoms with Crippen molar-refractivity contribution < 1.29 is 23.6 Å². The molecule has 0 spiro atoms. The second-order valence-corrected chi connectivity index (χ2v) is 6.19. The molecule has 0 aliphatic carbocycles. The topological polar surface area (TPSA) is 52.0 Å². The smallest absolute Gasteiger partial charge is 0.282 e. The quantitative estimate of drug-likeness (QED) is 0.866. The fraction of sp³-hybridized carbons (Fsp3) is 0.316. The summed E-state index contributed by atoms with van der Waals surface area (Å²) in [5.74, 6) is 0.825. The predicted molar refractivity (Wildman–Crippen MR) is 92.5 cm³/mol. The first-order chi connectivity index (χ1) is 12.0. The highest BCUT2D eigenvalue weighted by molar-refractivity contribution is 5.93. The monoisotopic (exact) mass is 345 g/mol. The van der Waals surface area contributed by atoms with Crippen molar-refractivity contribution in [3.05, 3.63) is 53.8 Å². The molecule has 3 rings (SSSR count). The molecule has 2 atom stereocenters. The Morgan fingerprint density at radius 1 is 1.20 bits per heavy atom. The largest absolute Gasteiger partial charge is 0.486 e. The molecule has 2 aromatic rings. The molecule has 1 unspecified atom stereocenters. The van der Waals surface area contributed by atoms with Gasteiger partial charge in [-0.25, -0.2) is 4.39 Å². The molecule has 0 radical (unpaired) electrons. The molecular weight excluding hydrogens is 323 g/mol. The van der Waals surface area contributed by atoms with Crippen molar-refractivity contribution in [1.82, 2.24) is 0 Å². The van der Waals surface area contributed by atoms with Gasteiger partial charge >= 0.3 is 0 Å². The summed E-state index contributed by atoms with van der Waals surface area (Å²) in [4.78, 5) is 13.4. The van der Waals surface area contributed by atoms with E-state index in [1.54, 1.807) is 18.2 Å². The lowest BCUT2D eigenvalue weighted by Gasteiger charge is -2.23. The maximum Gasteiger partial charge on any atom is 0.282 e. The van der Waals surface area contributed by atoms with Crippen molar-refractivity contribution in [2.75, 3.05) is 25.6 Å². The fourth-order valence-corrected chi connectivity index (χ4v) is 2.70. The summed E-state index contributed by atoms with van der Waals surface area (Å²) in [7, 11) is 1.93. The van der Waals surface area contributed by atoms with E-state index >= 15 is 0 Å². The second-order valence-electron chi connectivity index (χ2n) is 6.19. The van der Waals surface area contributed by atoms with Crippen molar-refractivity contribution >= 4 is 11.6 Å². The summed E-state index contributed by atoms with van der Waals surface area (Å²) in [5, 5.41) is 2.65. The van der Waals surface area contributed by atoms with Gasteiger partial charge in [-0.05, 0) is 37.3 Å². The van der Waals surface area contributed by atoms with Crippen molar-refractivity contribution in [2.45, 2.75) is 19.5 Å². The molecule has 0 saturated heterocycles. The zero-order valence-corrected chi connectivity index (χ0v) is 14.3. The molecule has 25 heavy (non-hydrogen) atoms. The van der Waals surface area contributed by atoms with Crippen LogP contribution in [0.15, 0.2) is 42.5 Å². The maximum atomic E-state index is 13.7. The third kappa shape index (κ3) is 4.09. The first-order valence-corrected chi connectivity index (χ1v) is 8.31. The minimum Gasteiger partial charge on any atom is -0.486 e. The lowest BCUT2D eigenvalue weighted by Crippen LogP contribution is -3.12. The van der Waals surface area contributed by atoms with E-state index in [1.165, 1.54) is 6.07 Å². The molecule has 0 bridgehead atoms. The van der Waals surface area contributed by atoms with Crippen molar-refractivity contribution in [3.8, 4) is 11.5 Å². The van der Waals surface area contributed by atoms with Crippen LogP contribution in [0.4, 0.5) is 10.1 Å². The van der Waals surface area contributed by atoms with Crippen LogP contribution in [0, 0.1) is 5.82 Å². The molecule has 5 nitrogen and oxygen atoms in total. The van der Waals surface area contributed by atoms with E-state index in [-0.39, 0.29) is 17.6 Å². The number of nitrogens with one attached hydrogen (secondary N) is 2. The van der Waals surface area contributed by atoms with Crippen LogP contribution in [-0.4, -0.2) is 32.2 Å². The third-order valence-corrected chi connectivity index (χ3v) is 4.35. The van der Waals surface area contributed by atoms with Gasteiger partial charge in [-0.15, -0.1) is 0 Å². The molecule has 132 valence electrons. The summed E-state index contributed by atoms with van der Waals surface area (Å²) >= 11 is 0. The maximum absolute atomic E-state index is 13.7. The van der Waals surface area contributed by atoms with Gasteiger partial charge in [-0.2, -0.15) is 0 Å². The van der Waals surface area contributed by atoms with Gasteiger partial charge in [0.15, 0.2) is 17.5 Å². The number of hydrogen-bond acceptors (Lipinski definition) is 3. The van der Waals surface area contributed by atoms with E-state index in [9.17, 15) is 9.18 Å². The first-order valence-electron chi connectivity index (χ1n) is 8.31. The molecule has 1 heterocycles. The predicted octanol–water partition coefficient (Wildman–Crippen LogP) is 1.64. The number of benzene rings is 2. The normalized spacial score (nSPS) is 15.3. The van der Waals surface area contributed by atoms with Gasteiger partial charge in [-0.3, -0.25) is 4.79 Å². The van der Waals surface area contributed by atoms with Crippen LogP contribution in [0.25, 0.3) is 0 Å². The van der Waals surface area contributed by atoms with Gasteiger partial charge in [0.1, 0.15) is 25.6 Å². The van der Waals surface area contributed by atoms with E-state index in [4.69, 9.17) is 9.47 Å². The lowest BCUT2D eigenvalue weighted by molar-refractivity contribution is -0.907. The van der Waals surface area contributed by atoms with Crippen molar-refractivity contribution in [2.24, 2.45) is 0 Å². The summed E-state index contributed by atoms with van der Waals surface area (Å²) < 4.78 is 24.8. The number of carbonyl (C=O) groups is 1. The van der Waals surface area contributed by atoms with Crippen LogP contribution in [0.1, 0.15) is 12.5 Å². The van der Waals surface area contributed by atoms with E-state index < -0.39 is 5.82 Å². The van der Waals surface area contributed by atoms with Gasteiger partial charge in [0.2, 0.25) is 0 Å². The third-order valence-electron chi connectivity index (χ3n) is 4.35. The summed E-state index contributed by atoms with van der Waals surface area (Å²) in [6, 6.07) is 11.6. The lowest BCUT2D eigenvalue weighted by atomic mass is 10.1. The zero-order chi connectivity index (χ0) is 17.8. The number of fused-ring (bicyclic) bond motifs is 1. The molecule has 1 amide bonds. The molecular formula is C19H22FN2O3+. The highest BCUT2D eigenvalue weighted by Crippen LogP contribution is 2.30. The summed E-state index contributed by atoms with van der Waals surface area (Å²) in [6.07, 6.45) is 0. The van der Waals surface area contributed by atoms with Crippen LogP contribution in [0.3, 0.4) is 0 Å². The van der Waals surface area contributed by atoms with E-state index in [0.717, 1.165) is 22.0 Å². The molecule has 0 aromatic heterocycles. The number of amides is 1. The standard InChI is InChI=1S/C19H21FN2O3/c1-13(19(23)21-16-6-4-3-5-15(16)20)22(2)12-14-7-8-17-18(11-14)25-10-9-24-17/h3-8,11,13H,9-10,12H2,1-2H3,(H,21,23)/p+1/t13-/m1/s1. The number of likely N-dealkylation sites (N-methyl/N-ethyl adjacent to an activating group) is 1. The zero-order valence-electron chi connectivity index (χ0n) is 14.3. The second kappa shape index (κ2) is 7.53. The van der Waals surface area contributed by atoms with Gasteiger partial charge in [0, 0.05) is 5.56 Å². The average molecular weight is 345 g/mol. The van der Waals surface area contributed by atoms with Crippen molar-refractivity contribution in [1.29, 1.82) is 0 Å². The van der Waals surface area contributed by atoms with Crippen LogP contribution >= 0.6 is 0 Å². The Balaban J connectivity index is 1.63. The summed E-state index contributed by atoms with van der Waals surface area (Å²) in [5.41, 5.74) is 1.25. The molecule has 0 fully saturated rings. The fourth-order valence-electron chi connectivity index (χ4n) is 2.70. The van der Waals surface area contributed by atoms with Crippen LogP contribution in [0.2, 0.25) is 0 Å². The number of para-hydroxylation sites is 1. The Bertz CT molecular complexity index is 766. The molecule has 0 saturated carbocycles. The van der Waals surface area contributed by atoms with Gasteiger partial charge < -0.3 is 19.7 Å². The molecule has 6 heteroatoms. The Labute approximate surface area is 146 Å². The highest BCUT2D eigenvalue weighted by Gasteiger charge is 2.23. The molecule has 1 aliphatic heterocycles. The van der Waals surface area contributed by atoms with Crippen molar-refractivity contribution in [3.63, 3.8) is 0 Å². The van der Waals surface area contributed by atoms with Crippen LogP contribution in [-0.2, 0) is 11.3 Å². The number of anilines is 1. The minimum atomic E-state index is -0.437. The highest BCUT2D eigenvalue weighted by atomic mass is 19.1. The van der Waals surface area contributed by atoms with Crippen LogP contribution in [0.5, 0.6) is 11.5 Å². The number of ether oxygens (including phenoxy) is 2.